The first-order valence-corrected chi connectivity index (χ1v) is 6.09. The SMILES string of the molecule is CCNc1cc(N2CCCC2)nc(C(F)(F)F)c1. The summed E-state index contributed by atoms with van der Waals surface area (Å²) in [6.07, 6.45) is -2.39. The molecule has 2 rings (SSSR count). The summed E-state index contributed by atoms with van der Waals surface area (Å²) in [5, 5.41) is 2.92. The third-order valence-electron chi connectivity index (χ3n) is 2.91. The van der Waals surface area contributed by atoms with Gasteiger partial charge in [0, 0.05) is 31.4 Å². The van der Waals surface area contributed by atoms with Gasteiger partial charge in [-0.1, -0.05) is 0 Å². The van der Waals surface area contributed by atoms with Crippen molar-refractivity contribution in [2.45, 2.75) is 25.9 Å². The number of anilines is 2. The van der Waals surface area contributed by atoms with E-state index in [1.807, 2.05) is 11.8 Å². The maximum Gasteiger partial charge on any atom is 0.433 e. The molecule has 0 spiro atoms. The van der Waals surface area contributed by atoms with Gasteiger partial charge in [0.1, 0.15) is 11.5 Å². The van der Waals surface area contributed by atoms with Crippen LogP contribution in [0.1, 0.15) is 25.5 Å². The second-order valence-corrected chi connectivity index (χ2v) is 4.32. The molecule has 0 unspecified atom stereocenters. The van der Waals surface area contributed by atoms with Crippen molar-refractivity contribution in [3.63, 3.8) is 0 Å². The first kappa shape index (κ1) is 13.0. The number of halogens is 3. The number of alkyl halides is 3. The molecule has 3 nitrogen and oxygen atoms in total. The highest BCUT2D eigenvalue weighted by atomic mass is 19.4. The predicted octanol–water partition coefficient (Wildman–Crippen LogP) is 3.13. The zero-order chi connectivity index (χ0) is 13.2. The number of hydrogen-bond acceptors (Lipinski definition) is 3. The van der Waals surface area contributed by atoms with Crippen molar-refractivity contribution in [1.82, 2.24) is 4.98 Å². The molecule has 0 aromatic carbocycles. The van der Waals surface area contributed by atoms with E-state index in [0.29, 0.717) is 18.1 Å². The van der Waals surface area contributed by atoms with Gasteiger partial charge in [-0.15, -0.1) is 0 Å². The first-order valence-electron chi connectivity index (χ1n) is 6.09. The van der Waals surface area contributed by atoms with Gasteiger partial charge in [-0.2, -0.15) is 13.2 Å². The largest absolute Gasteiger partial charge is 0.433 e. The minimum absolute atomic E-state index is 0.415. The van der Waals surface area contributed by atoms with Crippen LogP contribution in [0.2, 0.25) is 0 Å². The quantitative estimate of drug-likeness (QED) is 0.904. The van der Waals surface area contributed by atoms with Crippen molar-refractivity contribution in [3.05, 3.63) is 17.8 Å². The van der Waals surface area contributed by atoms with E-state index in [4.69, 9.17) is 0 Å². The predicted molar refractivity (Wildman–Crippen MR) is 64.8 cm³/mol. The Morgan fingerprint density at radius 2 is 1.94 bits per heavy atom. The number of nitrogens with zero attached hydrogens (tertiary/aromatic N) is 2. The number of nitrogens with one attached hydrogen (secondary N) is 1. The molecule has 0 bridgehead atoms. The van der Waals surface area contributed by atoms with Gasteiger partial charge < -0.3 is 10.2 Å². The Morgan fingerprint density at radius 1 is 1.28 bits per heavy atom. The maximum atomic E-state index is 12.8. The topological polar surface area (TPSA) is 28.2 Å². The summed E-state index contributed by atoms with van der Waals surface area (Å²) < 4.78 is 38.3. The summed E-state index contributed by atoms with van der Waals surface area (Å²) in [5.41, 5.74) is -0.357. The second kappa shape index (κ2) is 5.04. The minimum atomic E-state index is -4.40. The average Bonchev–Trinajstić information content (AvgIpc) is 2.81. The van der Waals surface area contributed by atoms with Gasteiger partial charge in [0.05, 0.1) is 0 Å². The van der Waals surface area contributed by atoms with Crippen LogP contribution < -0.4 is 10.2 Å². The summed E-state index contributed by atoms with van der Waals surface area (Å²) in [4.78, 5) is 5.63. The average molecular weight is 259 g/mol. The molecule has 1 fully saturated rings. The van der Waals surface area contributed by atoms with Crippen LogP contribution in [0.5, 0.6) is 0 Å². The summed E-state index contributed by atoms with van der Waals surface area (Å²) in [5.74, 6) is 0.415. The molecule has 1 saturated heterocycles. The molecule has 100 valence electrons. The maximum absolute atomic E-state index is 12.8. The van der Waals surface area contributed by atoms with Crippen molar-refractivity contribution < 1.29 is 13.2 Å². The smallest absolute Gasteiger partial charge is 0.385 e. The molecule has 1 aliphatic heterocycles. The molecule has 2 heterocycles. The van der Waals surface area contributed by atoms with Crippen molar-refractivity contribution in [1.29, 1.82) is 0 Å². The minimum Gasteiger partial charge on any atom is -0.385 e. The van der Waals surface area contributed by atoms with Crippen LogP contribution in [0.4, 0.5) is 24.7 Å². The van der Waals surface area contributed by atoms with Crippen LogP contribution in [0.25, 0.3) is 0 Å². The summed E-state index contributed by atoms with van der Waals surface area (Å²) >= 11 is 0. The first-order chi connectivity index (χ1) is 8.50. The van der Waals surface area contributed by atoms with E-state index in [1.54, 1.807) is 6.07 Å². The van der Waals surface area contributed by atoms with E-state index in [-0.39, 0.29) is 0 Å². The zero-order valence-electron chi connectivity index (χ0n) is 10.2. The lowest BCUT2D eigenvalue weighted by Gasteiger charge is -2.19. The summed E-state index contributed by atoms with van der Waals surface area (Å²) in [7, 11) is 0. The lowest BCUT2D eigenvalue weighted by molar-refractivity contribution is -0.141. The number of hydrogen-bond donors (Lipinski definition) is 1. The highest BCUT2D eigenvalue weighted by Crippen LogP contribution is 2.32. The Kier molecular flexibility index (Phi) is 3.63. The van der Waals surface area contributed by atoms with E-state index in [1.165, 1.54) is 0 Å². The van der Waals surface area contributed by atoms with Gasteiger partial charge in [0.15, 0.2) is 0 Å². The van der Waals surface area contributed by atoms with Crippen molar-refractivity contribution in [2.24, 2.45) is 0 Å². The van der Waals surface area contributed by atoms with Crippen LogP contribution in [-0.4, -0.2) is 24.6 Å². The normalized spacial score (nSPS) is 16.1. The Labute approximate surface area is 104 Å². The number of rotatable bonds is 3. The second-order valence-electron chi connectivity index (χ2n) is 4.32. The molecule has 0 saturated carbocycles. The van der Waals surface area contributed by atoms with Gasteiger partial charge >= 0.3 is 6.18 Å². The van der Waals surface area contributed by atoms with Crippen molar-refractivity contribution in [2.75, 3.05) is 29.9 Å². The molecule has 1 aliphatic rings. The van der Waals surface area contributed by atoms with Crippen LogP contribution in [-0.2, 0) is 6.18 Å². The van der Waals surface area contributed by atoms with Gasteiger partial charge in [-0.25, -0.2) is 4.98 Å². The lowest BCUT2D eigenvalue weighted by atomic mass is 10.3. The summed E-state index contributed by atoms with van der Waals surface area (Å²) in [6, 6.07) is 2.74. The van der Waals surface area contributed by atoms with E-state index in [2.05, 4.69) is 10.3 Å². The molecule has 1 aromatic heterocycles. The molecule has 0 atom stereocenters. The molecule has 6 heteroatoms. The van der Waals surface area contributed by atoms with Gasteiger partial charge in [0.25, 0.3) is 0 Å². The molecule has 0 radical (unpaired) electrons. The highest BCUT2D eigenvalue weighted by Gasteiger charge is 2.33. The Balaban J connectivity index is 2.35. The molecule has 18 heavy (non-hydrogen) atoms. The van der Waals surface area contributed by atoms with Crippen molar-refractivity contribution in [3.8, 4) is 0 Å². The van der Waals surface area contributed by atoms with Gasteiger partial charge in [-0.3, -0.25) is 0 Å². The number of aromatic nitrogens is 1. The fourth-order valence-corrected chi connectivity index (χ4v) is 2.08. The molecule has 1 aromatic rings. The standard InChI is InChI=1S/C12H16F3N3/c1-2-16-9-7-10(12(13,14)15)17-11(8-9)18-5-3-4-6-18/h7-8H,2-6H2,1H3,(H,16,17). The number of pyridine rings is 1. The third kappa shape index (κ3) is 2.86. The van der Waals surface area contributed by atoms with Crippen LogP contribution >= 0.6 is 0 Å². The molecular weight excluding hydrogens is 243 g/mol. The monoisotopic (exact) mass is 259 g/mol. The fraction of sp³-hybridized carbons (Fsp3) is 0.583. The zero-order valence-corrected chi connectivity index (χ0v) is 10.2. The van der Waals surface area contributed by atoms with Gasteiger partial charge in [-0.05, 0) is 25.8 Å². The summed E-state index contributed by atoms with van der Waals surface area (Å²) in [6.45, 7) is 3.99. The highest BCUT2D eigenvalue weighted by molar-refractivity contribution is 5.55. The van der Waals surface area contributed by atoms with Gasteiger partial charge in [0.2, 0.25) is 0 Å². The Bertz CT molecular complexity index is 412. The van der Waals surface area contributed by atoms with E-state index in [0.717, 1.165) is 32.0 Å². The molecule has 1 N–H and O–H groups in total. The lowest BCUT2D eigenvalue weighted by Crippen LogP contribution is -2.21. The van der Waals surface area contributed by atoms with Crippen LogP contribution in [0, 0.1) is 0 Å². The Hall–Kier alpha value is -1.46. The van der Waals surface area contributed by atoms with Crippen molar-refractivity contribution >= 4 is 11.5 Å². The molecular formula is C12H16F3N3. The third-order valence-corrected chi connectivity index (χ3v) is 2.91. The molecule has 0 aliphatic carbocycles. The van der Waals surface area contributed by atoms with Crippen LogP contribution in [0.3, 0.4) is 0 Å². The van der Waals surface area contributed by atoms with E-state index in [9.17, 15) is 13.2 Å². The van der Waals surface area contributed by atoms with E-state index >= 15 is 0 Å². The fourth-order valence-electron chi connectivity index (χ4n) is 2.08. The van der Waals surface area contributed by atoms with Crippen LogP contribution in [0.15, 0.2) is 12.1 Å². The van der Waals surface area contributed by atoms with E-state index < -0.39 is 11.9 Å². The molecule has 0 amide bonds. The Morgan fingerprint density at radius 3 is 2.50 bits per heavy atom.